The predicted molar refractivity (Wildman–Crippen MR) is 76.3 cm³/mol. The summed E-state index contributed by atoms with van der Waals surface area (Å²) in [5, 5.41) is 0.698. The molecule has 0 saturated carbocycles. The molecule has 3 aromatic rings. The van der Waals surface area contributed by atoms with Gasteiger partial charge in [-0.1, -0.05) is 6.07 Å². The summed E-state index contributed by atoms with van der Waals surface area (Å²) in [6.07, 6.45) is 2.20. The monoisotopic (exact) mass is 273 g/mol. The van der Waals surface area contributed by atoms with Gasteiger partial charge < -0.3 is 5.73 Å². The van der Waals surface area contributed by atoms with Crippen molar-refractivity contribution in [1.82, 2.24) is 9.97 Å². The van der Waals surface area contributed by atoms with Gasteiger partial charge in [0.1, 0.15) is 0 Å². The largest absolute Gasteiger partial charge is 0.375 e. The molecule has 2 aromatic heterocycles. The van der Waals surface area contributed by atoms with Gasteiger partial charge in [0.15, 0.2) is 5.13 Å². The molecule has 0 fully saturated rings. The lowest BCUT2D eigenvalue weighted by Crippen LogP contribution is -1.93. The molecule has 4 rings (SSSR count). The molecule has 3 nitrogen and oxygen atoms in total. The molecular formula is C13H11N3S2. The highest BCUT2D eigenvalue weighted by molar-refractivity contribution is 7.16. The van der Waals surface area contributed by atoms with Crippen molar-refractivity contribution in [1.29, 1.82) is 0 Å². The Balaban J connectivity index is 1.83. The fourth-order valence-corrected chi connectivity index (χ4v) is 4.42. The summed E-state index contributed by atoms with van der Waals surface area (Å²) in [5.41, 5.74) is 11.4. The van der Waals surface area contributed by atoms with Crippen LogP contribution in [0.25, 0.3) is 10.2 Å². The maximum atomic E-state index is 5.80. The lowest BCUT2D eigenvalue weighted by Gasteiger charge is -2.09. The minimum atomic E-state index is 0.473. The molecule has 2 N–H and O–H groups in total. The summed E-state index contributed by atoms with van der Waals surface area (Å²) in [4.78, 5) is 10.1. The van der Waals surface area contributed by atoms with Gasteiger partial charge in [0.05, 0.1) is 21.4 Å². The lowest BCUT2D eigenvalue weighted by atomic mass is 9.98. The Morgan fingerprint density at radius 3 is 3.22 bits per heavy atom. The van der Waals surface area contributed by atoms with Crippen LogP contribution in [0.5, 0.6) is 0 Å². The van der Waals surface area contributed by atoms with Gasteiger partial charge in [-0.25, -0.2) is 9.97 Å². The van der Waals surface area contributed by atoms with Crippen LogP contribution >= 0.6 is 22.7 Å². The van der Waals surface area contributed by atoms with Crippen LogP contribution in [0.3, 0.4) is 0 Å². The van der Waals surface area contributed by atoms with Gasteiger partial charge in [-0.05, 0) is 30.5 Å². The van der Waals surface area contributed by atoms with Crippen LogP contribution < -0.4 is 5.73 Å². The summed E-state index contributed by atoms with van der Waals surface area (Å²) in [5.74, 6) is 0.473. The van der Waals surface area contributed by atoms with E-state index in [4.69, 9.17) is 5.73 Å². The Kier molecular flexibility index (Phi) is 2.19. The number of rotatable bonds is 1. The van der Waals surface area contributed by atoms with Crippen molar-refractivity contribution in [3.8, 4) is 0 Å². The Labute approximate surface area is 112 Å². The quantitative estimate of drug-likeness (QED) is 0.739. The number of thiazole rings is 2. The zero-order chi connectivity index (χ0) is 12.1. The highest BCUT2D eigenvalue weighted by Crippen LogP contribution is 2.42. The molecular weight excluding hydrogens is 262 g/mol. The Bertz CT molecular complexity index is 729. The molecule has 1 atom stereocenters. The van der Waals surface area contributed by atoms with E-state index in [1.165, 1.54) is 20.8 Å². The van der Waals surface area contributed by atoms with Crippen molar-refractivity contribution in [2.24, 2.45) is 0 Å². The molecule has 5 heteroatoms. The second-order valence-corrected chi connectivity index (χ2v) is 6.48. The first-order valence-corrected chi connectivity index (χ1v) is 7.59. The van der Waals surface area contributed by atoms with Crippen molar-refractivity contribution < 1.29 is 0 Å². The SMILES string of the molecule is Nc1nc2c(s1)C(c1ccc3ncsc3c1)CC2. The van der Waals surface area contributed by atoms with E-state index >= 15 is 0 Å². The standard InChI is InChI=1S/C13H11N3S2/c14-13-16-10-4-2-8(12(10)18-13)7-1-3-9-11(5-7)17-6-15-9/h1,3,5-6,8H,2,4H2,(H2,14,16). The van der Waals surface area contributed by atoms with E-state index in [2.05, 4.69) is 28.2 Å². The van der Waals surface area contributed by atoms with E-state index in [1.807, 2.05) is 5.51 Å². The number of fused-ring (bicyclic) bond motifs is 2. The third kappa shape index (κ3) is 1.47. The number of benzene rings is 1. The average molecular weight is 273 g/mol. The maximum Gasteiger partial charge on any atom is 0.180 e. The van der Waals surface area contributed by atoms with Crippen molar-refractivity contribution in [3.05, 3.63) is 39.8 Å². The first-order chi connectivity index (χ1) is 8.81. The van der Waals surface area contributed by atoms with Crippen LogP contribution in [-0.4, -0.2) is 9.97 Å². The number of hydrogen-bond acceptors (Lipinski definition) is 5. The molecule has 0 amide bonds. The van der Waals surface area contributed by atoms with Crippen LogP contribution in [-0.2, 0) is 6.42 Å². The minimum Gasteiger partial charge on any atom is -0.375 e. The van der Waals surface area contributed by atoms with Gasteiger partial charge >= 0.3 is 0 Å². The van der Waals surface area contributed by atoms with E-state index in [1.54, 1.807) is 22.7 Å². The molecule has 0 aliphatic heterocycles. The Morgan fingerprint density at radius 1 is 1.33 bits per heavy atom. The molecule has 1 unspecified atom stereocenters. The third-order valence-corrected chi connectivity index (χ3v) is 5.32. The maximum absolute atomic E-state index is 5.80. The second kappa shape index (κ2) is 3.76. The van der Waals surface area contributed by atoms with E-state index in [0.717, 1.165) is 18.4 Å². The highest BCUT2D eigenvalue weighted by atomic mass is 32.1. The zero-order valence-corrected chi connectivity index (χ0v) is 11.2. The normalized spacial score (nSPS) is 18.3. The smallest absolute Gasteiger partial charge is 0.180 e. The molecule has 0 saturated heterocycles. The second-order valence-electron chi connectivity index (χ2n) is 4.53. The van der Waals surface area contributed by atoms with Gasteiger partial charge in [-0.2, -0.15) is 0 Å². The topological polar surface area (TPSA) is 51.8 Å². The van der Waals surface area contributed by atoms with Crippen LogP contribution in [0.15, 0.2) is 23.7 Å². The van der Waals surface area contributed by atoms with Gasteiger partial charge in [-0.15, -0.1) is 22.7 Å². The molecule has 2 heterocycles. The first-order valence-electron chi connectivity index (χ1n) is 5.89. The van der Waals surface area contributed by atoms with Crippen LogP contribution in [0.1, 0.15) is 28.5 Å². The minimum absolute atomic E-state index is 0.473. The molecule has 90 valence electrons. The van der Waals surface area contributed by atoms with E-state index < -0.39 is 0 Å². The predicted octanol–water partition coefficient (Wildman–Crippen LogP) is 3.41. The summed E-state index contributed by atoms with van der Waals surface area (Å²) in [6.45, 7) is 0. The summed E-state index contributed by atoms with van der Waals surface area (Å²) >= 11 is 3.34. The lowest BCUT2D eigenvalue weighted by molar-refractivity contribution is 0.792. The van der Waals surface area contributed by atoms with Crippen LogP contribution in [0.2, 0.25) is 0 Å². The van der Waals surface area contributed by atoms with Crippen molar-refractivity contribution >= 4 is 38.0 Å². The molecule has 0 spiro atoms. The Morgan fingerprint density at radius 2 is 2.28 bits per heavy atom. The van der Waals surface area contributed by atoms with Crippen LogP contribution in [0.4, 0.5) is 5.13 Å². The van der Waals surface area contributed by atoms with Gasteiger partial charge in [-0.3, -0.25) is 0 Å². The molecule has 1 aliphatic carbocycles. The number of nitrogens with two attached hydrogens (primary N) is 1. The number of nitrogen functional groups attached to an aromatic ring is 1. The number of nitrogens with zero attached hydrogens (tertiary/aromatic N) is 2. The van der Waals surface area contributed by atoms with Gasteiger partial charge in [0.2, 0.25) is 0 Å². The molecule has 0 radical (unpaired) electrons. The van der Waals surface area contributed by atoms with E-state index in [9.17, 15) is 0 Å². The fourth-order valence-electron chi connectivity index (χ4n) is 2.65. The third-order valence-electron chi connectivity index (χ3n) is 3.49. The van der Waals surface area contributed by atoms with Crippen LogP contribution in [0, 0.1) is 0 Å². The highest BCUT2D eigenvalue weighted by Gasteiger charge is 2.28. The number of anilines is 1. The van der Waals surface area contributed by atoms with E-state index in [0.29, 0.717) is 11.0 Å². The number of aromatic nitrogens is 2. The number of hydrogen-bond donors (Lipinski definition) is 1. The molecule has 1 aliphatic rings. The van der Waals surface area contributed by atoms with Gasteiger partial charge in [0.25, 0.3) is 0 Å². The summed E-state index contributed by atoms with van der Waals surface area (Å²) in [7, 11) is 0. The molecule has 18 heavy (non-hydrogen) atoms. The molecule has 1 aromatic carbocycles. The van der Waals surface area contributed by atoms with Crippen molar-refractivity contribution in [3.63, 3.8) is 0 Å². The molecule has 0 bridgehead atoms. The van der Waals surface area contributed by atoms with Crippen molar-refractivity contribution in [2.75, 3.05) is 5.73 Å². The first kappa shape index (κ1) is 10.5. The summed E-state index contributed by atoms with van der Waals surface area (Å²) < 4.78 is 1.26. The number of aryl methyl sites for hydroxylation is 1. The summed E-state index contributed by atoms with van der Waals surface area (Å²) in [6, 6.07) is 6.57. The fraction of sp³-hybridized carbons (Fsp3) is 0.231. The zero-order valence-electron chi connectivity index (χ0n) is 9.59. The average Bonchev–Trinajstić information content (AvgIpc) is 3.01. The Hall–Kier alpha value is -1.46. The van der Waals surface area contributed by atoms with Crippen molar-refractivity contribution in [2.45, 2.75) is 18.8 Å². The van der Waals surface area contributed by atoms with Gasteiger partial charge in [0, 0.05) is 10.8 Å². The van der Waals surface area contributed by atoms with E-state index in [-0.39, 0.29) is 0 Å².